The van der Waals surface area contributed by atoms with Crippen LogP contribution in [-0.2, 0) is 0 Å². The Morgan fingerprint density at radius 3 is 2.62 bits per heavy atom. The van der Waals surface area contributed by atoms with E-state index in [0.717, 1.165) is 31.4 Å². The van der Waals surface area contributed by atoms with Gasteiger partial charge in [-0.05, 0) is 43.5 Å². The molecule has 0 radical (unpaired) electrons. The maximum absolute atomic E-state index is 13.0. The highest BCUT2D eigenvalue weighted by Crippen LogP contribution is 2.32. The SMILES string of the molecule is Cc1ccccc1SC1CCN(C(=O)c2cccc3nccnc23)CC1. The molecule has 0 aliphatic carbocycles. The molecule has 1 amide bonds. The summed E-state index contributed by atoms with van der Waals surface area (Å²) in [4.78, 5) is 25.0. The second-order valence-corrected chi connectivity index (χ2v) is 7.95. The van der Waals surface area contributed by atoms with Gasteiger partial charge in [0.05, 0.1) is 11.1 Å². The lowest BCUT2D eigenvalue weighted by Crippen LogP contribution is -2.39. The molecular weight excluding hydrogens is 342 g/mol. The van der Waals surface area contributed by atoms with Gasteiger partial charge in [-0.1, -0.05) is 24.3 Å². The first-order chi connectivity index (χ1) is 12.7. The number of carbonyl (C=O) groups excluding carboxylic acids is 1. The van der Waals surface area contributed by atoms with Gasteiger partial charge < -0.3 is 4.90 Å². The number of likely N-dealkylation sites (tertiary alicyclic amines) is 1. The van der Waals surface area contributed by atoms with Crippen molar-refractivity contribution in [3.63, 3.8) is 0 Å². The molecule has 132 valence electrons. The lowest BCUT2D eigenvalue weighted by molar-refractivity contribution is 0.0729. The van der Waals surface area contributed by atoms with Crippen molar-refractivity contribution >= 4 is 28.7 Å². The first kappa shape index (κ1) is 17.0. The number of rotatable bonds is 3. The van der Waals surface area contributed by atoms with Crippen LogP contribution in [0.3, 0.4) is 0 Å². The predicted molar refractivity (Wildman–Crippen MR) is 105 cm³/mol. The van der Waals surface area contributed by atoms with Crippen molar-refractivity contribution < 1.29 is 4.79 Å². The van der Waals surface area contributed by atoms with Crippen molar-refractivity contribution in [2.24, 2.45) is 0 Å². The molecule has 3 aromatic rings. The summed E-state index contributed by atoms with van der Waals surface area (Å²) in [6, 6.07) is 14.1. The van der Waals surface area contributed by atoms with Crippen LogP contribution >= 0.6 is 11.8 Å². The average molecular weight is 363 g/mol. The zero-order valence-corrected chi connectivity index (χ0v) is 15.6. The van der Waals surface area contributed by atoms with E-state index in [-0.39, 0.29) is 5.91 Å². The number of para-hydroxylation sites is 1. The molecule has 2 aromatic carbocycles. The first-order valence-corrected chi connectivity index (χ1v) is 9.81. The third kappa shape index (κ3) is 3.44. The zero-order valence-electron chi connectivity index (χ0n) is 14.8. The van der Waals surface area contributed by atoms with Crippen LogP contribution in [0.25, 0.3) is 11.0 Å². The minimum Gasteiger partial charge on any atom is -0.338 e. The summed E-state index contributed by atoms with van der Waals surface area (Å²) in [5.74, 6) is 0.0652. The summed E-state index contributed by atoms with van der Waals surface area (Å²) >= 11 is 1.94. The van der Waals surface area contributed by atoms with Gasteiger partial charge in [0.1, 0.15) is 5.52 Å². The van der Waals surface area contributed by atoms with Crippen LogP contribution in [0, 0.1) is 6.92 Å². The van der Waals surface area contributed by atoms with E-state index in [1.165, 1.54) is 10.5 Å². The van der Waals surface area contributed by atoms with Crippen LogP contribution in [0.4, 0.5) is 0 Å². The van der Waals surface area contributed by atoms with Crippen molar-refractivity contribution in [3.05, 3.63) is 66.0 Å². The van der Waals surface area contributed by atoms with E-state index in [9.17, 15) is 4.79 Å². The molecule has 0 atom stereocenters. The third-order valence-electron chi connectivity index (χ3n) is 4.85. The van der Waals surface area contributed by atoms with Gasteiger partial charge in [0.25, 0.3) is 5.91 Å². The topological polar surface area (TPSA) is 46.1 Å². The fraction of sp³-hybridized carbons (Fsp3) is 0.286. The number of hydrogen-bond donors (Lipinski definition) is 0. The maximum atomic E-state index is 13.0. The largest absolute Gasteiger partial charge is 0.338 e. The number of aromatic nitrogens is 2. The molecule has 0 unspecified atom stereocenters. The van der Waals surface area contributed by atoms with Crippen LogP contribution in [0.1, 0.15) is 28.8 Å². The molecule has 0 N–H and O–H groups in total. The highest BCUT2D eigenvalue weighted by Gasteiger charge is 2.25. The quantitative estimate of drug-likeness (QED) is 0.695. The Kier molecular flexibility index (Phi) is 4.89. The first-order valence-electron chi connectivity index (χ1n) is 8.93. The minimum absolute atomic E-state index is 0.0652. The second-order valence-electron chi connectivity index (χ2n) is 6.60. The molecular formula is C21H21N3OS. The Hall–Kier alpha value is -2.40. The molecule has 2 heterocycles. The minimum atomic E-state index is 0.0652. The summed E-state index contributed by atoms with van der Waals surface area (Å²) in [7, 11) is 0. The van der Waals surface area contributed by atoms with Crippen molar-refractivity contribution in [1.82, 2.24) is 14.9 Å². The molecule has 1 fully saturated rings. The van der Waals surface area contributed by atoms with Crippen molar-refractivity contribution in [1.29, 1.82) is 0 Å². The second kappa shape index (κ2) is 7.46. The normalized spacial score (nSPS) is 15.3. The van der Waals surface area contributed by atoms with Gasteiger partial charge in [-0.2, -0.15) is 0 Å². The number of benzene rings is 2. The van der Waals surface area contributed by atoms with E-state index in [1.807, 2.05) is 34.9 Å². The van der Waals surface area contributed by atoms with Crippen molar-refractivity contribution in [2.75, 3.05) is 13.1 Å². The third-order valence-corrected chi connectivity index (χ3v) is 6.36. The number of thioether (sulfide) groups is 1. The monoisotopic (exact) mass is 363 g/mol. The summed E-state index contributed by atoms with van der Waals surface area (Å²) in [6.07, 6.45) is 5.33. The number of nitrogens with zero attached hydrogens (tertiary/aromatic N) is 3. The summed E-state index contributed by atoms with van der Waals surface area (Å²) in [6.45, 7) is 3.74. The standard InChI is InChI=1S/C21H21N3OS/c1-15-5-2-3-8-19(15)26-16-9-13-24(14-10-16)21(25)17-6-4-7-18-20(17)23-12-11-22-18/h2-8,11-12,16H,9-10,13-14H2,1H3. The molecule has 1 aromatic heterocycles. The van der Waals surface area contributed by atoms with E-state index in [0.29, 0.717) is 16.3 Å². The lowest BCUT2D eigenvalue weighted by atomic mass is 10.1. The fourth-order valence-electron chi connectivity index (χ4n) is 3.38. The highest BCUT2D eigenvalue weighted by atomic mass is 32.2. The molecule has 0 saturated carbocycles. The fourth-order valence-corrected chi connectivity index (χ4v) is 4.60. The number of piperidine rings is 1. The Balaban J connectivity index is 1.44. The van der Waals surface area contributed by atoms with Crippen molar-refractivity contribution in [3.8, 4) is 0 Å². The summed E-state index contributed by atoms with van der Waals surface area (Å²) < 4.78 is 0. The van der Waals surface area contributed by atoms with Crippen LogP contribution in [-0.4, -0.2) is 39.1 Å². The van der Waals surface area contributed by atoms with Gasteiger partial charge in [-0.3, -0.25) is 14.8 Å². The maximum Gasteiger partial charge on any atom is 0.256 e. The molecule has 1 saturated heterocycles. The van der Waals surface area contributed by atoms with Gasteiger partial charge >= 0.3 is 0 Å². The molecule has 1 aliphatic rings. The van der Waals surface area contributed by atoms with Gasteiger partial charge in [0.15, 0.2) is 0 Å². The van der Waals surface area contributed by atoms with Crippen molar-refractivity contribution in [2.45, 2.75) is 29.9 Å². The molecule has 1 aliphatic heterocycles. The molecule has 0 spiro atoms. The van der Waals surface area contributed by atoms with E-state index < -0.39 is 0 Å². The molecule has 4 nitrogen and oxygen atoms in total. The lowest BCUT2D eigenvalue weighted by Gasteiger charge is -2.32. The van der Waals surface area contributed by atoms with Gasteiger partial charge in [-0.25, -0.2) is 0 Å². The van der Waals surface area contributed by atoms with Crippen LogP contribution in [0.5, 0.6) is 0 Å². The Labute approximate surface area is 157 Å². The Bertz CT molecular complexity index is 930. The van der Waals surface area contributed by atoms with E-state index in [4.69, 9.17) is 0 Å². The van der Waals surface area contributed by atoms with E-state index >= 15 is 0 Å². The van der Waals surface area contributed by atoms with Crippen LogP contribution in [0.2, 0.25) is 0 Å². The number of carbonyl (C=O) groups is 1. The zero-order chi connectivity index (χ0) is 17.9. The number of fused-ring (bicyclic) bond motifs is 1. The number of hydrogen-bond acceptors (Lipinski definition) is 4. The average Bonchev–Trinajstić information content (AvgIpc) is 2.69. The predicted octanol–water partition coefficient (Wildman–Crippen LogP) is 4.34. The highest BCUT2D eigenvalue weighted by molar-refractivity contribution is 8.00. The van der Waals surface area contributed by atoms with Crippen LogP contribution in [0.15, 0.2) is 59.8 Å². The van der Waals surface area contributed by atoms with Crippen LogP contribution < -0.4 is 0 Å². The smallest absolute Gasteiger partial charge is 0.256 e. The number of amides is 1. The Morgan fingerprint density at radius 2 is 1.81 bits per heavy atom. The number of aryl methyl sites for hydroxylation is 1. The summed E-state index contributed by atoms with van der Waals surface area (Å²) in [5.41, 5.74) is 3.44. The van der Waals surface area contributed by atoms with E-state index in [1.54, 1.807) is 12.4 Å². The van der Waals surface area contributed by atoms with Gasteiger partial charge in [-0.15, -0.1) is 11.8 Å². The summed E-state index contributed by atoms with van der Waals surface area (Å²) in [5, 5.41) is 0.562. The molecule has 4 rings (SSSR count). The molecule has 26 heavy (non-hydrogen) atoms. The Morgan fingerprint density at radius 1 is 1.04 bits per heavy atom. The van der Waals surface area contributed by atoms with Gasteiger partial charge in [0.2, 0.25) is 0 Å². The molecule has 0 bridgehead atoms. The van der Waals surface area contributed by atoms with Gasteiger partial charge in [0, 0.05) is 35.6 Å². The molecule has 5 heteroatoms. The van der Waals surface area contributed by atoms with E-state index in [2.05, 4.69) is 41.2 Å².